The number of hydrogen-bond donors (Lipinski definition) is 3. The number of allylic oxidation sites excluding steroid dienone is 3. The quantitative estimate of drug-likeness (QED) is 0.554. The number of hydrogen-bond acceptors (Lipinski definition) is 4. The van der Waals surface area contributed by atoms with Gasteiger partial charge in [-0.15, -0.1) is 0 Å². The first kappa shape index (κ1) is 22.4. The number of carbonyl (C=O) groups is 3. The van der Waals surface area contributed by atoms with Gasteiger partial charge in [0.2, 0.25) is 11.8 Å². The van der Waals surface area contributed by atoms with E-state index in [1.807, 2.05) is 48.6 Å². The van der Waals surface area contributed by atoms with Crippen molar-refractivity contribution >= 4 is 17.8 Å². The highest BCUT2D eigenvalue weighted by Gasteiger charge is 2.25. The van der Waals surface area contributed by atoms with Crippen LogP contribution >= 0.6 is 0 Å². The molecule has 7 nitrogen and oxygen atoms in total. The highest BCUT2D eigenvalue weighted by Crippen LogP contribution is 2.15. The summed E-state index contributed by atoms with van der Waals surface area (Å²) < 4.78 is 0. The Morgan fingerprint density at radius 1 is 1.10 bits per heavy atom. The second-order valence-corrected chi connectivity index (χ2v) is 7.15. The Balaban J connectivity index is 1.91. The molecule has 0 saturated heterocycles. The summed E-state index contributed by atoms with van der Waals surface area (Å²) in [6, 6.07) is 8.12. The zero-order valence-electron chi connectivity index (χ0n) is 16.9. The predicted molar refractivity (Wildman–Crippen MR) is 111 cm³/mol. The van der Waals surface area contributed by atoms with Gasteiger partial charge >= 0.3 is 5.97 Å². The summed E-state index contributed by atoms with van der Waals surface area (Å²) in [6.07, 6.45) is 8.41. The fourth-order valence-corrected chi connectivity index (χ4v) is 3.22. The third-order valence-electron chi connectivity index (χ3n) is 4.83. The summed E-state index contributed by atoms with van der Waals surface area (Å²) in [4.78, 5) is 37.9. The van der Waals surface area contributed by atoms with Crippen molar-refractivity contribution < 1.29 is 19.5 Å². The number of amides is 2. The second-order valence-electron chi connectivity index (χ2n) is 7.15. The molecule has 2 atom stereocenters. The number of likely N-dealkylation sites (N-methyl/N-ethyl adjacent to an activating group) is 2. The van der Waals surface area contributed by atoms with Crippen LogP contribution in [0.3, 0.4) is 0 Å². The standard InChI is InChI=1S/C22H29N3O4/c1-23-18(13-16-9-5-3-6-10-16)21(27)25(2)15-20(26)24-19(22(28)29)14-17-11-7-4-8-12-17/h3,5-7,9-12,18-19,23H,4,8,13-15H2,1-2H3,(H,24,26)(H,28,29). The molecule has 0 heterocycles. The highest BCUT2D eigenvalue weighted by molar-refractivity contribution is 5.89. The lowest BCUT2D eigenvalue weighted by Crippen LogP contribution is -2.50. The number of carboxylic acid groups (broad SMARTS) is 1. The van der Waals surface area contributed by atoms with Gasteiger partial charge in [0.25, 0.3) is 0 Å². The molecule has 0 radical (unpaired) electrons. The molecule has 1 aliphatic rings. The molecule has 3 N–H and O–H groups in total. The third-order valence-corrected chi connectivity index (χ3v) is 4.83. The van der Waals surface area contributed by atoms with Gasteiger partial charge < -0.3 is 20.6 Å². The average molecular weight is 399 g/mol. The van der Waals surface area contributed by atoms with Gasteiger partial charge in [-0.2, -0.15) is 0 Å². The molecule has 0 spiro atoms. The Morgan fingerprint density at radius 2 is 1.83 bits per heavy atom. The SMILES string of the molecule is CNC(Cc1ccccc1)C(=O)N(C)CC(=O)NC(CC1=CCCC=C1)C(=O)O. The number of nitrogens with zero attached hydrogens (tertiary/aromatic N) is 1. The lowest BCUT2D eigenvalue weighted by atomic mass is 10.00. The molecule has 7 heteroatoms. The van der Waals surface area contributed by atoms with Gasteiger partial charge in [-0.05, 0) is 37.4 Å². The third kappa shape index (κ3) is 7.19. The zero-order chi connectivity index (χ0) is 21.2. The van der Waals surface area contributed by atoms with Crippen molar-refractivity contribution in [3.05, 3.63) is 59.7 Å². The molecule has 2 unspecified atom stereocenters. The van der Waals surface area contributed by atoms with Gasteiger partial charge in [0.15, 0.2) is 0 Å². The van der Waals surface area contributed by atoms with E-state index in [9.17, 15) is 19.5 Å². The van der Waals surface area contributed by atoms with Gasteiger partial charge in [-0.25, -0.2) is 4.79 Å². The zero-order valence-corrected chi connectivity index (χ0v) is 16.9. The minimum atomic E-state index is -1.09. The largest absolute Gasteiger partial charge is 0.480 e. The van der Waals surface area contributed by atoms with Crippen molar-refractivity contribution in [3.8, 4) is 0 Å². The smallest absolute Gasteiger partial charge is 0.326 e. The minimum Gasteiger partial charge on any atom is -0.480 e. The number of carboxylic acids is 1. The Labute approximate surface area is 171 Å². The van der Waals surface area contributed by atoms with Crippen LogP contribution in [0.2, 0.25) is 0 Å². The Kier molecular flexibility index (Phi) is 8.61. The summed E-state index contributed by atoms with van der Waals surface area (Å²) in [7, 11) is 3.24. The summed E-state index contributed by atoms with van der Waals surface area (Å²) in [6.45, 7) is -0.204. The van der Waals surface area contributed by atoms with Gasteiger partial charge in [0.1, 0.15) is 6.04 Å². The molecule has 0 fully saturated rings. The molecule has 2 rings (SSSR count). The van der Waals surface area contributed by atoms with Crippen LogP contribution in [0, 0.1) is 0 Å². The summed E-state index contributed by atoms with van der Waals surface area (Å²) in [5, 5.41) is 14.9. The van der Waals surface area contributed by atoms with Gasteiger partial charge in [0, 0.05) is 13.5 Å². The first-order valence-electron chi connectivity index (χ1n) is 9.74. The van der Waals surface area contributed by atoms with E-state index in [0.717, 1.165) is 24.0 Å². The maximum atomic E-state index is 12.7. The molecule has 0 aliphatic heterocycles. The first-order chi connectivity index (χ1) is 13.9. The van der Waals surface area contributed by atoms with Crippen LogP contribution in [0.4, 0.5) is 0 Å². The normalized spacial score (nSPS) is 15.2. The molecule has 0 aromatic heterocycles. The lowest BCUT2D eigenvalue weighted by molar-refractivity contribution is -0.142. The Bertz CT molecular complexity index is 774. The summed E-state index contributed by atoms with van der Waals surface area (Å²) in [5.41, 5.74) is 1.91. The van der Waals surface area contributed by atoms with Crippen molar-refractivity contribution in [2.24, 2.45) is 0 Å². The van der Waals surface area contributed by atoms with E-state index in [1.165, 1.54) is 4.90 Å². The van der Waals surface area contributed by atoms with Crippen LogP contribution in [-0.4, -0.2) is 60.5 Å². The summed E-state index contributed by atoms with van der Waals surface area (Å²) >= 11 is 0. The first-order valence-corrected chi connectivity index (χ1v) is 9.74. The fraction of sp³-hybridized carbons (Fsp3) is 0.409. The molecular weight excluding hydrogens is 370 g/mol. The van der Waals surface area contributed by atoms with Crippen LogP contribution < -0.4 is 10.6 Å². The van der Waals surface area contributed by atoms with E-state index < -0.39 is 24.0 Å². The monoisotopic (exact) mass is 399 g/mol. The van der Waals surface area contributed by atoms with Crippen LogP contribution in [0.25, 0.3) is 0 Å². The predicted octanol–water partition coefficient (Wildman–Crippen LogP) is 1.51. The second kappa shape index (κ2) is 11.2. The number of aliphatic carboxylic acids is 1. The van der Waals surface area contributed by atoms with E-state index in [1.54, 1.807) is 14.1 Å². The van der Waals surface area contributed by atoms with Gasteiger partial charge in [0.05, 0.1) is 12.6 Å². The average Bonchev–Trinajstić information content (AvgIpc) is 2.72. The molecule has 29 heavy (non-hydrogen) atoms. The van der Waals surface area contributed by atoms with E-state index in [-0.39, 0.29) is 18.9 Å². The maximum Gasteiger partial charge on any atom is 0.326 e. The number of benzene rings is 1. The van der Waals surface area contributed by atoms with Gasteiger partial charge in [-0.3, -0.25) is 9.59 Å². The topological polar surface area (TPSA) is 98.7 Å². The van der Waals surface area contributed by atoms with E-state index in [2.05, 4.69) is 10.6 Å². The minimum absolute atomic E-state index is 0.204. The van der Waals surface area contributed by atoms with Crippen LogP contribution in [0.1, 0.15) is 24.8 Å². The number of carbonyl (C=O) groups excluding carboxylic acids is 2. The van der Waals surface area contributed by atoms with E-state index in [0.29, 0.717) is 6.42 Å². The fourth-order valence-electron chi connectivity index (χ4n) is 3.22. The highest BCUT2D eigenvalue weighted by atomic mass is 16.4. The number of nitrogens with one attached hydrogen (secondary N) is 2. The molecule has 0 saturated carbocycles. The van der Waals surface area contributed by atoms with Crippen molar-refractivity contribution in [3.63, 3.8) is 0 Å². The van der Waals surface area contributed by atoms with E-state index >= 15 is 0 Å². The van der Waals surface area contributed by atoms with Crippen molar-refractivity contribution in [1.29, 1.82) is 0 Å². The molecule has 1 aromatic carbocycles. The van der Waals surface area contributed by atoms with Crippen LogP contribution in [0.15, 0.2) is 54.1 Å². The maximum absolute atomic E-state index is 12.7. The molecule has 1 aliphatic carbocycles. The Morgan fingerprint density at radius 3 is 2.41 bits per heavy atom. The molecule has 0 bridgehead atoms. The molecule has 2 amide bonds. The Hall–Kier alpha value is -2.93. The van der Waals surface area contributed by atoms with Crippen molar-refractivity contribution in [1.82, 2.24) is 15.5 Å². The summed E-state index contributed by atoms with van der Waals surface area (Å²) in [5.74, 6) is -1.82. The molecular formula is C22H29N3O4. The number of rotatable bonds is 10. The van der Waals surface area contributed by atoms with Crippen LogP contribution in [0.5, 0.6) is 0 Å². The molecule has 1 aromatic rings. The lowest BCUT2D eigenvalue weighted by Gasteiger charge is -2.24. The van der Waals surface area contributed by atoms with Crippen molar-refractivity contribution in [2.75, 3.05) is 20.6 Å². The van der Waals surface area contributed by atoms with E-state index in [4.69, 9.17) is 0 Å². The van der Waals surface area contributed by atoms with Gasteiger partial charge in [-0.1, -0.05) is 48.6 Å². The van der Waals surface area contributed by atoms with Crippen molar-refractivity contribution in [2.45, 2.75) is 37.8 Å². The van der Waals surface area contributed by atoms with Crippen LogP contribution in [-0.2, 0) is 20.8 Å². The molecule has 156 valence electrons.